The predicted octanol–water partition coefficient (Wildman–Crippen LogP) is 5.14. The summed E-state index contributed by atoms with van der Waals surface area (Å²) in [5.74, 6) is 2.23. The van der Waals surface area contributed by atoms with Gasteiger partial charge in [-0.3, -0.25) is 9.59 Å². The van der Waals surface area contributed by atoms with E-state index in [2.05, 4.69) is 63.4 Å². The first-order valence-corrected chi connectivity index (χ1v) is 19.8. The minimum atomic E-state index is -0.0911. The van der Waals surface area contributed by atoms with Gasteiger partial charge in [-0.2, -0.15) is 4.98 Å². The van der Waals surface area contributed by atoms with E-state index < -0.39 is 0 Å². The van der Waals surface area contributed by atoms with Gasteiger partial charge in [-0.05, 0) is 61.0 Å². The third-order valence-corrected chi connectivity index (χ3v) is 8.66. The van der Waals surface area contributed by atoms with Crippen LogP contribution in [-0.2, 0) is 33.3 Å². The molecular weight excluding hydrogens is 743 g/mol. The maximum Gasteiger partial charge on any atom is 0.220 e. The normalized spacial score (nSPS) is 11.3. The lowest BCUT2D eigenvalue weighted by atomic mass is 9.95. The summed E-state index contributed by atoms with van der Waals surface area (Å²) in [6, 6.07) is 26.3. The zero-order valence-electron chi connectivity index (χ0n) is 34.2. The molecule has 0 spiro atoms. The highest BCUT2D eigenvalue weighted by molar-refractivity contribution is 6.00. The van der Waals surface area contributed by atoms with E-state index in [1.54, 1.807) is 20.1 Å². The number of amides is 1. The molecule has 3 aromatic carbocycles. The number of ether oxygens (including phenoxy) is 6. The van der Waals surface area contributed by atoms with Crippen molar-refractivity contribution in [1.29, 1.82) is 0 Å². The fraction of sp³-hybridized carbons (Fsp3) is 0.455. The molecule has 5 N–H and O–H groups in total. The number of pyridine rings is 1. The van der Waals surface area contributed by atoms with Crippen molar-refractivity contribution in [1.82, 2.24) is 15.6 Å². The van der Waals surface area contributed by atoms with Crippen molar-refractivity contribution < 1.29 is 42.8 Å². The van der Waals surface area contributed by atoms with E-state index in [9.17, 15) is 14.4 Å². The van der Waals surface area contributed by atoms with Gasteiger partial charge in [0.1, 0.15) is 30.2 Å². The number of unbranched alkanes of at least 4 members (excludes halogenated alkanes) is 1. The van der Waals surface area contributed by atoms with Crippen LogP contribution in [0.1, 0.15) is 44.2 Å². The van der Waals surface area contributed by atoms with Gasteiger partial charge in [0.05, 0.1) is 66.5 Å². The number of rotatable bonds is 29. The summed E-state index contributed by atoms with van der Waals surface area (Å²) in [4.78, 5) is 37.1. The quantitative estimate of drug-likeness (QED) is 0.0419. The Kier molecular flexibility index (Phi) is 23.9. The third kappa shape index (κ3) is 18.5. The summed E-state index contributed by atoms with van der Waals surface area (Å²) >= 11 is 0. The molecular formula is C44H61N5O9. The Hall–Kier alpha value is -4.96. The van der Waals surface area contributed by atoms with E-state index >= 15 is 0 Å². The molecule has 4 aromatic rings. The van der Waals surface area contributed by atoms with Crippen molar-refractivity contribution in [3.8, 4) is 22.8 Å². The molecule has 58 heavy (non-hydrogen) atoms. The third-order valence-electron chi connectivity index (χ3n) is 8.66. The number of nitrogens with one attached hydrogen (secondary N) is 3. The Bertz CT molecular complexity index is 1760. The Balaban J connectivity index is 0.000000397. The number of ketones is 1. The molecule has 4 rings (SSSR count). The van der Waals surface area contributed by atoms with Gasteiger partial charge in [-0.15, -0.1) is 0 Å². The maximum absolute atomic E-state index is 11.6. The van der Waals surface area contributed by atoms with Gasteiger partial charge in [0.15, 0.2) is 0 Å². The first kappa shape index (κ1) is 47.4. The van der Waals surface area contributed by atoms with Crippen molar-refractivity contribution in [2.45, 2.75) is 38.6 Å². The number of anilines is 1. The molecule has 1 amide bonds. The molecule has 1 aromatic heterocycles. The molecule has 0 saturated heterocycles. The lowest BCUT2D eigenvalue weighted by Crippen LogP contribution is -2.24. The minimum Gasteiger partial charge on any atom is -0.491 e. The van der Waals surface area contributed by atoms with Crippen molar-refractivity contribution in [3.05, 3.63) is 84.4 Å². The Labute approximate surface area is 342 Å². The second kappa shape index (κ2) is 29.3. The first-order chi connectivity index (χ1) is 28.4. The Morgan fingerprint density at radius 1 is 0.776 bits per heavy atom. The van der Waals surface area contributed by atoms with E-state index in [-0.39, 0.29) is 24.3 Å². The number of Topliss-reactive ketones (excluding diaryl/α,β-unsaturated/α-hetero) is 1. The fourth-order valence-electron chi connectivity index (χ4n) is 5.77. The number of carbonyl (C=O) groups is 3. The molecule has 0 fully saturated rings. The van der Waals surface area contributed by atoms with Gasteiger partial charge in [0.2, 0.25) is 11.8 Å². The molecule has 0 aliphatic carbocycles. The number of hydrogen-bond donors (Lipinski definition) is 4. The van der Waals surface area contributed by atoms with Crippen LogP contribution in [0.25, 0.3) is 21.9 Å². The van der Waals surface area contributed by atoms with Crippen molar-refractivity contribution in [2.75, 3.05) is 98.6 Å². The van der Waals surface area contributed by atoms with Gasteiger partial charge in [0.25, 0.3) is 0 Å². The minimum absolute atomic E-state index is 0.0176. The van der Waals surface area contributed by atoms with Crippen molar-refractivity contribution >= 4 is 34.6 Å². The molecule has 14 nitrogen and oxygen atoms in total. The van der Waals surface area contributed by atoms with Crippen LogP contribution in [0.15, 0.2) is 78.9 Å². The molecule has 1 heterocycles. The van der Waals surface area contributed by atoms with Crippen LogP contribution in [-0.4, -0.2) is 116 Å². The van der Waals surface area contributed by atoms with Crippen LogP contribution in [0, 0.1) is 0 Å². The van der Waals surface area contributed by atoms with E-state index in [0.29, 0.717) is 91.0 Å². The van der Waals surface area contributed by atoms with E-state index in [1.165, 1.54) is 0 Å². The highest BCUT2D eigenvalue weighted by Crippen LogP contribution is 2.35. The number of nitrogens with zero attached hydrogens (tertiary/aromatic N) is 1. The largest absolute Gasteiger partial charge is 0.491 e. The number of fused-ring (bicyclic) bond motifs is 1. The standard InChI is InChI=1S/C31H42N2O6.C13H19N3O3/c1-24(34)23-30(33-2)26-9-7-25(8-10-26)27-11-12-31(29-6-4-3-5-28(27)29)39-22-21-38-20-19-37-18-17-36-16-15-35-14-13-32;1-19-13-7-4-5-11(16-13)14-8-3-2-6-12(18)15-9-10-17/h3-12,30,33H,13-23,32H2,1-2H3;4-5,7,10H,2-3,6,8-9H2,1H3,(H,14,16)(H,15,18). The zero-order valence-corrected chi connectivity index (χ0v) is 34.2. The van der Waals surface area contributed by atoms with Crippen LogP contribution in [0.3, 0.4) is 0 Å². The lowest BCUT2D eigenvalue weighted by Gasteiger charge is -2.16. The summed E-state index contributed by atoms with van der Waals surface area (Å²) in [7, 11) is 3.46. The first-order valence-electron chi connectivity index (χ1n) is 19.8. The summed E-state index contributed by atoms with van der Waals surface area (Å²) in [5, 5.41) is 11.1. The zero-order chi connectivity index (χ0) is 41.6. The highest BCUT2D eigenvalue weighted by Gasteiger charge is 2.13. The van der Waals surface area contributed by atoms with Gasteiger partial charge < -0.3 is 54.9 Å². The molecule has 0 bridgehead atoms. The van der Waals surface area contributed by atoms with E-state index in [1.807, 2.05) is 37.4 Å². The number of nitrogens with two attached hydrogens (primary N) is 1. The van der Waals surface area contributed by atoms with E-state index in [0.717, 1.165) is 58.4 Å². The van der Waals surface area contributed by atoms with Crippen molar-refractivity contribution in [3.63, 3.8) is 0 Å². The average Bonchev–Trinajstić information content (AvgIpc) is 3.25. The molecule has 0 radical (unpaired) electrons. The molecule has 316 valence electrons. The molecule has 0 aliphatic heterocycles. The van der Waals surface area contributed by atoms with Crippen LogP contribution < -0.4 is 31.2 Å². The fourth-order valence-corrected chi connectivity index (χ4v) is 5.77. The topological polar surface area (TPSA) is 182 Å². The van der Waals surface area contributed by atoms with E-state index in [4.69, 9.17) is 34.2 Å². The summed E-state index contributed by atoms with van der Waals surface area (Å²) in [5.41, 5.74) is 8.71. The summed E-state index contributed by atoms with van der Waals surface area (Å²) in [6.07, 6.45) is 3.20. The number of benzene rings is 3. The number of carbonyl (C=O) groups excluding carboxylic acids is 3. The van der Waals surface area contributed by atoms with Crippen LogP contribution in [0.2, 0.25) is 0 Å². The average molecular weight is 804 g/mol. The Morgan fingerprint density at radius 3 is 2.05 bits per heavy atom. The molecule has 1 atom stereocenters. The SMILES string of the molecule is CNC(CC(C)=O)c1ccc(-c2ccc(OCCOCCOCCOCCOCCN)c3ccccc23)cc1.COc1cccc(NCCCCC(=O)NCC=O)n1. The van der Waals surface area contributed by atoms with Crippen LogP contribution >= 0.6 is 0 Å². The second-order valence-corrected chi connectivity index (χ2v) is 13.0. The van der Waals surface area contributed by atoms with Gasteiger partial charge in [0, 0.05) is 43.4 Å². The predicted molar refractivity (Wildman–Crippen MR) is 227 cm³/mol. The second-order valence-electron chi connectivity index (χ2n) is 13.0. The van der Waals surface area contributed by atoms with Gasteiger partial charge in [-0.25, -0.2) is 0 Å². The number of aldehydes is 1. The maximum atomic E-state index is 11.6. The smallest absolute Gasteiger partial charge is 0.220 e. The number of aromatic nitrogens is 1. The monoisotopic (exact) mass is 803 g/mol. The molecule has 14 heteroatoms. The molecule has 0 saturated carbocycles. The Morgan fingerprint density at radius 2 is 1.43 bits per heavy atom. The van der Waals surface area contributed by atoms with Crippen molar-refractivity contribution in [2.24, 2.45) is 5.73 Å². The number of hydrogen-bond acceptors (Lipinski definition) is 13. The molecule has 1 unspecified atom stereocenters. The lowest BCUT2D eigenvalue weighted by molar-refractivity contribution is -0.122. The van der Waals surface area contributed by atoms with Crippen LogP contribution in [0.5, 0.6) is 11.6 Å². The molecule has 0 aliphatic rings. The van der Waals surface area contributed by atoms with Gasteiger partial charge in [-0.1, -0.05) is 60.7 Å². The van der Waals surface area contributed by atoms with Crippen LogP contribution in [0.4, 0.5) is 5.82 Å². The summed E-state index contributed by atoms with van der Waals surface area (Å²) < 4.78 is 32.9. The van der Waals surface area contributed by atoms with Gasteiger partial charge >= 0.3 is 0 Å². The highest BCUT2D eigenvalue weighted by atomic mass is 16.6. The number of methoxy groups -OCH3 is 1. The summed E-state index contributed by atoms with van der Waals surface area (Å²) in [6.45, 7) is 7.59.